The highest BCUT2D eigenvalue weighted by molar-refractivity contribution is 7.99. The molecule has 170 valence electrons. The molecule has 0 aliphatic rings. The monoisotopic (exact) mass is 484 g/mol. The standard InChI is InChI=1S/C21H20N6O4S2/c1-3-31-19(29)10-14-11-32-20(22-14)23-18(28)12-33-21-25-24-17-9-8-16(26-27(17)21)13-4-6-15(30-2)7-5-13/h4-9,11H,3,10,12H2,1-2H3,(H,22,23,28). The number of carbonyl (C=O) groups is 2. The van der Waals surface area contributed by atoms with Gasteiger partial charge in [-0.1, -0.05) is 11.8 Å². The maximum atomic E-state index is 12.4. The predicted octanol–water partition coefficient (Wildman–Crippen LogP) is 3.09. The zero-order valence-electron chi connectivity index (χ0n) is 17.8. The number of aromatic nitrogens is 5. The molecule has 0 radical (unpaired) electrons. The number of hydrogen-bond donors (Lipinski definition) is 1. The number of nitrogens with one attached hydrogen (secondary N) is 1. The quantitative estimate of drug-likeness (QED) is 0.282. The van der Waals surface area contributed by atoms with Crippen molar-refractivity contribution in [3.05, 3.63) is 47.5 Å². The van der Waals surface area contributed by atoms with Gasteiger partial charge < -0.3 is 14.8 Å². The highest BCUT2D eigenvalue weighted by Gasteiger charge is 2.14. The molecular formula is C21H20N6O4S2. The third-order valence-corrected chi connectivity index (χ3v) is 6.11. The lowest BCUT2D eigenvalue weighted by Crippen LogP contribution is -2.14. The van der Waals surface area contributed by atoms with Crippen molar-refractivity contribution in [3.63, 3.8) is 0 Å². The molecule has 0 spiro atoms. The molecule has 1 N–H and O–H groups in total. The molecular weight excluding hydrogens is 464 g/mol. The fourth-order valence-corrected chi connectivity index (χ4v) is 4.28. The summed E-state index contributed by atoms with van der Waals surface area (Å²) in [5.74, 6) is 0.262. The highest BCUT2D eigenvalue weighted by atomic mass is 32.2. The Morgan fingerprint density at radius 3 is 2.73 bits per heavy atom. The molecule has 10 nitrogen and oxygen atoms in total. The number of fused-ring (bicyclic) bond motifs is 1. The molecule has 0 atom stereocenters. The summed E-state index contributed by atoms with van der Waals surface area (Å²) in [6.45, 7) is 2.06. The Kier molecular flexibility index (Phi) is 7.15. The average Bonchev–Trinajstić information content (AvgIpc) is 3.43. The van der Waals surface area contributed by atoms with Gasteiger partial charge in [0.25, 0.3) is 0 Å². The molecule has 3 heterocycles. The molecule has 0 bridgehead atoms. The molecule has 1 amide bonds. The summed E-state index contributed by atoms with van der Waals surface area (Å²) < 4.78 is 11.7. The van der Waals surface area contributed by atoms with Crippen LogP contribution in [0.25, 0.3) is 16.9 Å². The van der Waals surface area contributed by atoms with Crippen LogP contribution in [0.15, 0.2) is 46.9 Å². The number of thioether (sulfide) groups is 1. The summed E-state index contributed by atoms with van der Waals surface area (Å²) in [5, 5.41) is 18.2. The van der Waals surface area contributed by atoms with Gasteiger partial charge in [-0.2, -0.15) is 9.61 Å². The normalized spacial score (nSPS) is 10.8. The third kappa shape index (κ3) is 5.65. The van der Waals surface area contributed by atoms with E-state index in [0.29, 0.717) is 28.2 Å². The first-order valence-corrected chi connectivity index (χ1v) is 11.8. The van der Waals surface area contributed by atoms with E-state index < -0.39 is 0 Å². The van der Waals surface area contributed by atoms with Crippen molar-refractivity contribution in [2.75, 3.05) is 24.8 Å². The molecule has 0 unspecified atom stereocenters. The first-order chi connectivity index (χ1) is 16.1. The third-order valence-electron chi connectivity index (χ3n) is 4.38. The van der Waals surface area contributed by atoms with Crippen molar-refractivity contribution in [2.45, 2.75) is 18.5 Å². The Morgan fingerprint density at radius 2 is 1.97 bits per heavy atom. The van der Waals surface area contributed by atoms with Gasteiger partial charge in [0, 0.05) is 10.9 Å². The van der Waals surface area contributed by atoms with Crippen molar-refractivity contribution in [1.82, 2.24) is 24.8 Å². The van der Waals surface area contributed by atoms with Gasteiger partial charge in [-0.05, 0) is 43.3 Å². The minimum absolute atomic E-state index is 0.0723. The van der Waals surface area contributed by atoms with Gasteiger partial charge in [-0.25, -0.2) is 4.98 Å². The van der Waals surface area contributed by atoms with E-state index in [1.165, 1.54) is 23.1 Å². The molecule has 1 aromatic carbocycles. The Hall–Kier alpha value is -3.51. The molecule has 3 aromatic heterocycles. The van der Waals surface area contributed by atoms with Gasteiger partial charge in [-0.3, -0.25) is 9.59 Å². The van der Waals surface area contributed by atoms with E-state index in [1.54, 1.807) is 23.9 Å². The molecule has 0 saturated heterocycles. The van der Waals surface area contributed by atoms with Gasteiger partial charge in [0.05, 0.1) is 37.3 Å². The molecule has 33 heavy (non-hydrogen) atoms. The summed E-state index contributed by atoms with van der Waals surface area (Å²) in [6, 6.07) is 11.3. The van der Waals surface area contributed by atoms with E-state index in [4.69, 9.17) is 9.47 Å². The van der Waals surface area contributed by atoms with Crippen molar-refractivity contribution in [2.24, 2.45) is 0 Å². The van der Waals surface area contributed by atoms with Crippen LogP contribution in [-0.4, -0.2) is 56.1 Å². The second kappa shape index (κ2) is 10.4. The van der Waals surface area contributed by atoms with Crippen LogP contribution >= 0.6 is 23.1 Å². The zero-order chi connectivity index (χ0) is 23.2. The van der Waals surface area contributed by atoms with Crippen molar-refractivity contribution in [1.29, 1.82) is 0 Å². The fraction of sp³-hybridized carbons (Fsp3) is 0.238. The fourth-order valence-electron chi connectivity index (χ4n) is 2.87. The molecule has 4 rings (SSSR count). The number of methoxy groups -OCH3 is 1. The summed E-state index contributed by atoms with van der Waals surface area (Å²) in [5.41, 5.74) is 2.80. The van der Waals surface area contributed by atoms with Gasteiger partial charge in [0.15, 0.2) is 10.8 Å². The number of esters is 1. The number of rotatable bonds is 9. The maximum absolute atomic E-state index is 12.4. The molecule has 0 aliphatic carbocycles. The predicted molar refractivity (Wildman–Crippen MR) is 125 cm³/mol. The average molecular weight is 485 g/mol. The zero-order valence-corrected chi connectivity index (χ0v) is 19.5. The minimum Gasteiger partial charge on any atom is -0.497 e. The number of hydrogen-bond acceptors (Lipinski definition) is 10. The van der Waals surface area contributed by atoms with Crippen LogP contribution in [0.2, 0.25) is 0 Å². The Morgan fingerprint density at radius 1 is 1.15 bits per heavy atom. The van der Waals surface area contributed by atoms with Gasteiger partial charge >= 0.3 is 5.97 Å². The van der Waals surface area contributed by atoms with Crippen molar-refractivity contribution in [3.8, 4) is 17.0 Å². The largest absolute Gasteiger partial charge is 0.497 e. The van der Waals surface area contributed by atoms with Gasteiger partial charge in [0.1, 0.15) is 5.75 Å². The number of nitrogens with zero attached hydrogens (tertiary/aromatic N) is 5. The van der Waals surface area contributed by atoms with E-state index in [2.05, 4.69) is 25.6 Å². The molecule has 0 saturated carbocycles. The molecule has 0 fully saturated rings. The second-order valence-corrected chi connectivity index (χ2v) is 8.46. The maximum Gasteiger partial charge on any atom is 0.311 e. The van der Waals surface area contributed by atoms with E-state index in [-0.39, 0.29) is 24.1 Å². The van der Waals surface area contributed by atoms with Crippen LogP contribution in [0, 0.1) is 0 Å². The van der Waals surface area contributed by atoms with E-state index in [1.807, 2.05) is 36.4 Å². The SMILES string of the molecule is CCOC(=O)Cc1csc(NC(=O)CSc2nnc3ccc(-c4ccc(OC)cc4)nn23)n1. The lowest BCUT2D eigenvalue weighted by atomic mass is 10.1. The lowest BCUT2D eigenvalue weighted by Gasteiger charge is -2.05. The van der Waals surface area contributed by atoms with E-state index >= 15 is 0 Å². The highest BCUT2D eigenvalue weighted by Crippen LogP contribution is 2.23. The summed E-state index contributed by atoms with van der Waals surface area (Å²) >= 11 is 2.47. The Labute approximate surface area is 197 Å². The minimum atomic E-state index is -0.351. The second-order valence-electron chi connectivity index (χ2n) is 6.66. The van der Waals surface area contributed by atoms with Gasteiger partial charge in [-0.15, -0.1) is 21.5 Å². The van der Waals surface area contributed by atoms with Crippen LogP contribution in [0.1, 0.15) is 12.6 Å². The Bertz CT molecular complexity index is 1270. The summed E-state index contributed by atoms with van der Waals surface area (Å²) in [7, 11) is 1.62. The molecule has 4 aromatic rings. The number of benzene rings is 1. The number of amides is 1. The van der Waals surface area contributed by atoms with Crippen molar-refractivity contribution < 1.29 is 19.1 Å². The first-order valence-electron chi connectivity index (χ1n) is 9.95. The van der Waals surface area contributed by atoms with Crippen LogP contribution in [0.4, 0.5) is 5.13 Å². The smallest absolute Gasteiger partial charge is 0.311 e. The van der Waals surface area contributed by atoms with Gasteiger partial charge in [0.2, 0.25) is 11.1 Å². The molecule has 0 aliphatic heterocycles. The summed E-state index contributed by atoms with van der Waals surface area (Å²) in [4.78, 5) is 28.2. The summed E-state index contributed by atoms with van der Waals surface area (Å²) in [6.07, 6.45) is 0.0723. The lowest BCUT2D eigenvalue weighted by molar-refractivity contribution is -0.142. The number of thiazole rings is 1. The van der Waals surface area contributed by atoms with Crippen molar-refractivity contribution >= 4 is 45.8 Å². The van der Waals surface area contributed by atoms with Crippen LogP contribution in [0.5, 0.6) is 5.75 Å². The van der Waals surface area contributed by atoms with Crippen LogP contribution in [-0.2, 0) is 20.7 Å². The number of carbonyl (C=O) groups excluding carboxylic acids is 2. The number of anilines is 1. The van der Waals surface area contributed by atoms with Crippen LogP contribution < -0.4 is 10.1 Å². The van der Waals surface area contributed by atoms with E-state index in [0.717, 1.165) is 17.0 Å². The topological polar surface area (TPSA) is 121 Å². The number of ether oxygens (including phenoxy) is 2. The molecule has 12 heteroatoms. The van der Waals surface area contributed by atoms with Crippen LogP contribution in [0.3, 0.4) is 0 Å². The Balaban J connectivity index is 1.39. The van der Waals surface area contributed by atoms with E-state index in [9.17, 15) is 9.59 Å². The first kappa shape index (κ1) is 22.7.